The highest BCUT2D eigenvalue weighted by molar-refractivity contribution is 5.85. The Kier molecular flexibility index (Phi) is 3.04. The quantitative estimate of drug-likeness (QED) is 0.785. The van der Waals surface area contributed by atoms with E-state index in [9.17, 15) is 0 Å². The molecule has 20 heavy (non-hydrogen) atoms. The third-order valence-corrected chi connectivity index (χ3v) is 2.73. The molecule has 0 spiro atoms. The van der Waals surface area contributed by atoms with Gasteiger partial charge in [-0.25, -0.2) is 0 Å². The number of hydrogen-bond acceptors (Lipinski definition) is 6. The molecule has 0 fully saturated rings. The van der Waals surface area contributed by atoms with Gasteiger partial charge in [0.1, 0.15) is 5.75 Å². The van der Waals surface area contributed by atoms with E-state index in [0.717, 1.165) is 10.9 Å². The first-order valence-electron chi connectivity index (χ1n) is 5.96. The summed E-state index contributed by atoms with van der Waals surface area (Å²) in [5.41, 5.74) is 6.45. The van der Waals surface area contributed by atoms with Crippen LogP contribution in [-0.4, -0.2) is 22.1 Å². The Labute approximate surface area is 115 Å². The Balaban J connectivity index is 2.03. The molecule has 3 rings (SSSR count). The van der Waals surface area contributed by atoms with Gasteiger partial charge in [-0.2, -0.15) is 9.97 Å². The van der Waals surface area contributed by atoms with E-state index in [1.165, 1.54) is 7.11 Å². The zero-order chi connectivity index (χ0) is 13.9. The Hall–Kier alpha value is -2.89. The molecule has 0 bridgehead atoms. The highest BCUT2D eigenvalue weighted by Gasteiger charge is 2.07. The van der Waals surface area contributed by atoms with Crippen molar-refractivity contribution in [1.82, 2.24) is 15.0 Å². The van der Waals surface area contributed by atoms with Crippen molar-refractivity contribution in [2.24, 2.45) is 0 Å². The van der Waals surface area contributed by atoms with Gasteiger partial charge in [0.2, 0.25) is 17.7 Å². The van der Waals surface area contributed by atoms with Gasteiger partial charge in [0.25, 0.3) is 0 Å². The normalized spacial score (nSPS) is 10.4. The minimum atomic E-state index is 0.0951. The molecular formula is C14H12N4O2. The molecular weight excluding hydrogens is 256 g/mol. The Bertz CT molecular complexity index is 756. The van der Waals surface area contributed by atoms with Gasteiger partial charge in [0.05, 0.1) is 18.7 Å². The van der Waals surface area contributed by atoms with Gasteiger partial charge >= 0.3 is 0 Å². The summed E-state index contributed by atoms with van der Waals surface area (Å²) in [4.78, 5) is 12.2. The lowest BCUT2D eigenvalue weighted by Gasteiger charge is -2.08. The fourth-order valence-electron chi connectivity index (χ4n) is 1.85. The van der Waals surface area contributed by atoms with Crippen LogP contribution in [0.2, 0.25) is 0 Å². The average molecular weight is 268 g/mol. The van der Waals surface area contributed by atoms with Crippen molar-refractivity contribution in [2.75, 3.05) is 12.8 Å². The van der Waals surface area contributed by atoms with E-state index in [1.54, 1.807) is 12.3 Å². The van der Waals surface area contributed by atoms with Gasteiger partial charge < -0.3 is 15.2 Å². The van der Waals surface area contributed by atoms with Crippen LogP contribution in [0.15, 0.2) is 42.6 Å². The molecule has 2 heterocycles. The maximum Gasteiger partial charge on any atom is 0.227 e. The molecule has 3 aromatic rings. The van der Waals surface area contributed by atoms with Crippen molar-refractivity contribution in [3.05, 3.63) is 42.6 Å². The van der Waals surface area contributed by atoms with Crippen LogP contribution in [0.3, 0.4) is 0 Å². The molecule has 2 N–H and O–H groups in total. The molecule has 0 unspecified atom stereocenters. The molecule has 2 aromatic heterocycles. The minimum absolute atomic E-state index is 0.0951. The maximum atomic E-state index is 5.76. The number of pyridine rings is 1. The molecule has 6 heteroatoms. The third kappa shape index (κ3) is 2.31. The summed E-state index contributed by atoms with van der Waals surface area (Å²) < 4.78 is 10.8. The molecule has 1 aromatic carbocycles. The fourth-order valence-corrected chi connectivity index (χ4v) is 1.85. The molecule has 6 nitrogen and oxygen atoms in total. The number of benzene rings is 1. The molecule has 0 aliphatic carbocycles. The van der Waals surface area contributed by atoms with E-state index in [0.29, 0.717) is 17.5 Å². The van der Waals surface area contributed by atoms with Crippen molar-refractivity contribution in [3.63, 3.8) is 0 Å². The van der Waals surface area contributed by atoms with Crippen LogP contribution in [-0.2, 0) is 0 Å². The first kappa shape index (κ1) is 12.2. The minimum Gasteiger partial charge on any atom is -0.481 e. The Morgan fingerprint density at radius 2 is 1.90 bits per heavy atom. The number of nitrogen functional groups attached to an aromatic ring is 1. The van der Waals surface area contributed by atoms with Crippen LogP contribution in [0.4, 0.5) is 5.95 Å². The molecule has 0 atom stereocenters. The largest absolute Gasteiger partial charge is 0.481 e. The van der Waals surface area contributed by atoms with Crippen molar-refractivity contribution in [2.45, 2.75) is 0 Å². The van der Waals surface area contributed by atoms with E-state index in [1.807, 2.05) is 30.3 Å². The number of rotatable bonds is 3. The lowest BCUT2D eigenvalue weighted by molar-refractivity contribution is 0.389. The lowest BCUT2D eigenvalue weighted by Crippen LogP contribution is -1.99. The zero-order valence-corrected chi connectivity index (χ0v) is 10.8. The maximum absolute atomic E-state index is 5.76. The fraction of sp³-hybridized carbons (Fsp3) is 0.0714. The molecule has 100 valence electrons. The molecule has 0 saturated heterocycles. The van der Waals surface area contributed by atoms with Gasteiger partial charge in [-0.15, -0.1) is 0 Å². The average Bonchev–Trinajstić information content (AvgIpc) is 2.47. The van der Waals surface area contributed by atoms with Gasteiger partial charge in [-0.3, -0.25) is 4.98 Å². The molecule has 0 aliphatic rings. The number of nitrogens with two attached hydrogens (primary N) is 1. The summed E-state index contributed by atoms with van der Waals surface area (Å²) in [6.45, 7) is 0. The summed E-state index contributed by atoms with van der Waals surface area (Å²) in [7, 11) is 1.51. The smallest absolute Gasteiger partial charge is 0.227 e. The van der Waals surface area contributed by atoms with Gasteiger partial charge in [-0.05, 0) is 24.3 Å². The number of anilines is 1. The highest BCUT2D eigenvalue weighted by Crippen LogP contribution is 2.29. The lowest BCUT2D eigenvalue weighted by atomic mass is 10.2. The SMILES string of the molecule is COc1cc(Oc2cccc3ncccc23)nc(N)n1. The molecule has 0 aliphatic heterocycles. The predicted octanol–water partition coefficient (Wildman–Crippen LogP) is 2.41. The first-order chi connectivity index (χ1) is 9.76. The third-order valence-electron chi connectivity index (χ3n) is 2.73. The first-order valence-corrected chi connectivity index (χ1v) is 5.96. The van der Waals surface area contributed by atoms with E-state index in [2.05, 4.69) is 15.0 Å². The van der Waals surface area contributed by atoms with Crippen molar-refractivity contribution < 1.29 is 9.47 Å². The number of hydrogen-bond donors (Lipinski definition) is 1. The second-order valence-corrected chi connectivity index (χ2v) is 4.04. The van der Waals surface area contributed by atoms with E-state index >= 15 is 0 Å². The molecule has 0 amide bonds. The predicted molar refractivity (Wildman–Crippen MR) is 74.8 cm³/mol. The monoisotopic (exact) mass is 268 g/mol. The van der Waals surface area contributed by atoms with Crippen LogP contribution in [0, 0.1) is 0 Å². The van der Waals surface area contributed by atoms with Crippen LogP contribution >= 0.6 is 0 Å². The van der Waals surface area contributed by atoms with E-state index < -0.39 is 0 Å². The van der Waals surface area contributed by atoms with Gasteiger partial charge in [-0.1, -0.05) is 6.07 Å². The summed E-state index contributed by atoms with van der Waals surface area (Å²) in [5.74, 6) is 1.42. The second kappa shape index (κ2) is 5.00. The van der Waals surface area contributed by atoms with Crippen LogP contribution in [0.25, 0.3) is 10.9 Å². The van der Waals surface area contributed by atoms with Crippen LogP contribution < -0.4 is 15.2 Å². The summed E-state index contributed by atoms with van der Waals surface area (Å²) in [6.07, 6.45) is 1.73. The molecule has 0 saturated carbocycles. The number of fused-ring (bicyclic) bond motifs is 1. The zero-order valence-electron chi connectivity index (χ0n) is 10.8. The van der Waals surface area contributed by atoms with E-state index in [-0.39, 0.29) is 5.95 Å². The number of nitrogens with zero attached hydrogens (tertiary/aromatic N) is 3. The standard InChI is InChI=1S/C14H12N4O2/c1-19-12-8-13(18-14(15)17-12)20-11-6-2-5-10-9(11)4-3-7-16-10/h2-8H,1H3,(H2,15,17,18). The van der Waals surface area contributed by atoms with Crippen LogP contribution in [0.5, 0.6) is 17.5 Å². The summed E-state index contributed by atoms with van der Waals surface area (Å²) in [5, 5.41) is 0.895. The van der Waals surface area contributed by atoms with Crippen molar-refractivity contribution >= 4 is 16.9 Å². The Morgan fingerprint density at radius 1 is 1.05 bits per heavy atom. The number of ether oxygens (including phenoxy) is 2. The van der Waals surface area contributed by atoms with Crippen molar-refractivity contribution in [1.29, 1.82) is 0 Å². The molecule has 0 radical (unpaired) electrons. The number of aromatic nitrogens is 3. The van der Waals surface area contributed by atoms with Crippen molar-refractivity contribution in [3.8, 4) is 17.5 Å². The second-order valence-electron chi connectivity index (χ2n) is 4.04. The summed E-state index contributed by atoms with van der Waals surface area (Å²) in [6, 6.07) is 11.0. The Morgan fingerprint density at radius 3 is 2.75 bits per heavy atom. The summed E-state index contributed by atoms with van der Waals surface area (Å²) >= 11 is 0. The van der Waals surface area contributed by atoms with Gasteiger partial charge in [0.15, 0.2) is 0 Å². The van der Waals surface area contributed by atoms with E-state index in [4.69, 9.17) is 15.2 Å². The van der Waals surface area contributed by atoms with Crippen LogP contribution in [0.1, 0.15) is 0 Å². The highest BCUT2D eigenvalue weighted by atomic mass is 16.5. The van der Waals surface area contributed by atoms with Gasteiger partial charge in [0, 0.05) is 11.6 Å². The topological polar surface area (TPSA) is 83.2 Å². The number of methoxy groups -OCH3 is 1.